The van der Waals surface area contributed by atoms with Gasteiger partial charge < -0.3 is 5.11 Å². The SMILES string of the molecule is CCc1c(Cl)ccc2sc(C(=O)O)c(C)c12.[Li][CH2]CCC. The molecule has 0 radical (unpaired) electrons. The molecule has 1 heterocycles. The summed E-state index contributed by atoms with van der Waals surface area (Å²) in [7, 11) is 0. The second kappa shape index (κ2) is 8.85. The average Bonchev–Trinajstić information content (AvgIpc) is 2.78. The molecule has 0 saturated carbocycles. The van der Waals surface area contributed by atoms with Gasteiger partial charge in [-0.3, -0.25) is 0 Å². The van der Waals surface area contributed by atoms with E-state index >= 15 is 0 Å². The van der Waals surface area contributed by atoms with Gasteiger partial charge in [0, 0.05) is 15.1 Å². The maximum absolute atomic E-state index is 11.1. The Labute approximate surface area is 144 Å². The zero-order valence-corrected chi connectivity index (χ0v) is 14.7. The molecule has 0 aliphatic carbocycles. The van der Waals surface area contributed by atoms with Gasteiger partial charge in [0.2, 0.25) is 0 Å². The van der Waals surface area contributed by atoms with Crippen LogP contribution in [0.15, 0.2) is 12.1 Å². The number of thiophene rings is 1. The number of carboxylic acid groups (broad SMARTS) is 1. The van der Waals surface area contributed by atoms with Crippen LogP contribution in [-0.2, 0) is 6.42 Å². The van der Waals surface area contributed by atoms with Gasteiger partial charge in [-0.1, -0.05) is 18.5 Å². The van der Waals surface area contributed by atoms with Crippen molar-refractivity contribution in [2.24, 2.45) is 0 Å². The quantitative estimate of drug-likeness (QED) is 0.756. The van der Waals surface area contributed by atoms with Gasteiger partial charge in [0.05, 0.1) is 0 Å². The van der Waals surface area contributed by atoms with Crippen LogP contribution in [0.5, 0.6) is 0 Å². The number of aromatic carboxylic acids is 1. The van der Waals surface area contributed by atoms with E-state index in [-0.39, 0.29) is 0 Å². The van der Waals surface area contributed by atoms with E-state index in [0.717, 1.165) is 27.6 Å². The first-order chi connectivity index (χ1) is 9.97. The topological polar surface area (TPSA) is 37.3 Å². The van der Waals surface area contributed by atoms with Gasteiger partial charge in [0.25, 0.3) is 0 Å². The van der Waals surface area contributed by atoms with Crippen LogP contribution < -0.4 is 0 Å². The van der Waals surface area contributed by atoms with Gasteiger partial charge in [-0.15, -0.1) is 11.3 Å². The summed E-state index contributed by atoms with van der Waals surface area (Å²) < 4.78 is 0.996. The molecule has 1 N–H and O–H groups in total. The summed E-state index contributed by atoms with van der Waals surface area (Å²) in [4.78, 5) is 11.5. The Bertz CT molecular complexity index is 620. The third-order valence-corrected chi connectivity index (χ3v) is 5.00. The van der Waals surface area contributed by atoms with Crippen molar-refractivity contribution >= 4 is 56.7 Å². The summed E-state index contributed by atoms with van der Waals surface area (Å²) in [6, 6.07) is 3.73. The minimum absolute atomic E-state index is 0.409. The van der Waals surface area contributed by atoms with Crippen LogP contribution in [0.1, 0.15) is 47.5 Å². The molecular weight excluding hydrogens is 299 g/mol. The molecule has 2 rings (SSSR count). The summed E-state index contributed by atoms with van der Waals surface area (Å²) in [6.07, 6.45) is 3.54. The van der Waals surface area contributed by atoms with Crippen molar-refractivity contribution in [3.8, 4) is 0 Å². The molecule has 2 nitrogen and oxygen atoms in total. The third-order valence-electron chi connectivity index (χ3n) is 3.40. The fourth-order valence-electron chi connectivity index (χ4n) is 2.30. The second-order valence-corrected chi connectivity index (χ2v) is 6.43. The molecule has 0 saturated heterocycles. The van der Waals surface area contributed by atoms with Crippen molar-refractivity contribution in [2.45, 2.75) is 45.1 Å². The van der Waals surface area contributed by atoms with Crippen LogP contribution in [0.2, 0.25) is 10.1 Å². The van der Waals surface area contributed by atoms with Crippen LogP contribution in [0.3, 0.4) is 0 Å². The molecule has 1 aromatic carbocycles. The van der Waals surface area contributed by atoms with Gasteiger partial charge in [0.1, 0.15) is 4.88 Å². The van der Waals surface area contributed by atoms with Gasteiger partial charge in [0.15, 0.2) is 0 Å². The van der Waals surface area contributed by atoms with E-state index in [2.05, 4.69) is 24.6 Å². The summed E-state index contributed by atoms with van der Waals surface area (Å²) >= 11 is 9.65. The predicted octanol–water partition coefficient (Wildman–Crippen LogP) is 5.50. The minimum atomic E-state index is -0.864. The van der Waals surface area contributed by atoms with Crippen molar-refractivity contribution in [3.05, 3.63) is 33.2 Å². The molecule has 0 amide bonds. The van der Waals surface area contributed by atoms with E-state index in [1.807, 2.05) is 26.0 Å². The normalized spacial score (nSPS) is 10.4. The molecule has 1 aromatic heterocycles. The fourth-order valence-corrected chi connectivity index (χ4v) is 3.67. The molecular formula is C16H20ClLiO2S. The first-order valence-electron chi connectivity index (χ1n) is 7.41. The van der Waals surface area contributed by atoms with Gasteiger partial charge >= 0.3 is 48.5 Å². The van der Waals surface area contributed by atoms with Crippen molar-refractivity contribution in [1.82, 2.24) is 0 Å². The second-order valence-electron chi connectivity index (χ2n) is 4.97. The van der Waals surface area contributed by atoms with Crippen LogP contribution in [-0.4, -0.2) is 28.8 Å². The summed E-state index contributed by atoms with van der Waals surface area (Å²) in [6.45, 7) is 6.08. The number of hydrogen-bond acceptors (Lipinski definition) is 2. The molecule has 21 heavy (non-hydrogen) atoms. The van der Waals surface area contributed by atoms with E-state index < -0.39 is 5.97 Å². The standard InChI is InChI=1S/C12H11ClO2S.C4H9.Li/c1-3-7-8(13)4-5-9-10(7)6(2)11(16-9)12(14)15;1-3-4-2;/h4-5H,3H2,1-2H3,(H,14,15);1,3-4H2,2H3;. The first kappa shape index (κ1) is 18.6. The number of aryl methyl sites for hydroxylation is 2. The van der Waals surface area contributed by atoms with Gasteiger partial charge in [-0.05, 0) is 36.6 Å². The average molecular weight is 319 g/mol. The summed E-state index contributed by atoms with van der Waals surface area (Å²) in [5.41, 5.74) is 1.87. The number of fused-ring (bicyclic) bond motifs is 1. The summed E-state index contributed by atoms with van der Waals surface area (Å²) in [5.74, 6) is -0.864. The number of unbranched alkanes of at least 4 members (excludes halogenated alkanes) is 1. The molecule has 0 aliphatic heterocycles. The molecule has 0 unspecified atom stereocenters. The van der Waals surface area contributed by atoms with Crippen LogP contribution in [0.4, 0.5) is 0 Å². The van der Waals surface area contributed by atoms with E-state index in [9.17, 15) is 4.79 Å². The van der Waals surface area contributed by atoms with E-state index in [0.29, 0.717) is 9.90 Å². The van der Waals surface area contributed by atoms with Crippen molar-refractivity contribution in [1.29, 1.82) is 0 Å². The third kappa shape index (κ3) is 4.50. The monoisotopic (exact) mass is 318 g/mol. The Kier molecular flexibility index (Phi) is 7.84. The molecule has 0 spiro atoms. The van der Waals surface area contributed by atoms with Crippen molar-refractivity contribution < 1.29 is 9.90 Å². The molecule has 110 valence electrons. The Morgan fingerprint density at radius 3 is 2.48 bits per heavy atom. The number of carbonyl (C=O) groups is 1. The number of rotatable bonds is 4. The van der Waals surface area contributed by atoms with E-state index in [4.69, 9.17) is 16.7 Å². The predicted molar refractivity (Wildman–Crippen MR) is 93.4 cm³/mol. The molecule has 0 aliphatic rings. The molecule has 0 atom stereocenters. The Morgan fingerprint density at radius 1 is 1.38 bits per heavy atom. The molecule has 0 bridgehead atoms. The number of carboxylic acids is 1. The van der Waals surface area contributed by atoms with Gasteiger partial charge in [-0.25, -0.2) is 4.79 Å². The Morgan fingerprint density at radius 2 is 2.05 bits per heavy atom. The summed E-state index contributed by atoms with van der Waals surface area (Å²) in [5, 5.41) is 12.1. The maximum atomic E-state index is 11.1. The van der Waals surface area contributed by atoms with Crippen molar-refractivity contribution in [3.63, 3.8) is 0 Å². The molecule has 0 fully saturated rings. The van der Waals surface area contributed by atoms with Crippen LogP contribution in [0, 0.1) is 6.92 Å². The van der Waals surface area contributed by atoms with Crippen LogP contribution in [0.25, 0.3) is 10.1 Å². The number of hydrogen-bond donors (Lipinski definition) is 1. The van der Waals surface area contributed by atoms with Gasteiger partial charge in [-0.2, -0.15) is 0 Å². The van der Waals surface area contributed by atoms with E-state index in [1.54, 1.807) is 0 Å². The van der Waals surface area contributed by atoms with E-state index in [1.165, 1.54) is 29.3 Å². The number of benzene rings is 1. The fraction of sp³-hybridized carbons (Fsp3) is 0.438. The van der Waals surface area contributed by atoms with Crippen LogP contribution >= 0.6 is 22.9 Å². The zero-order valence-electron chi connectivity index (χ0n) is 13.1. The zero-order chi connectivity index (χ0) is 16.0. The number of halogens is 1. The first-order valence-corrected chi connectivity index (χ1v) is 8.60. The molecule has 5 heteroatoms. The Hall–Kier alpha value is -0.463. The Balaban J connectivity index is 0.000000383. The van der Waals surface area contributed by atoms with Crippen molar-refractivity contribution in [2.75, 3.05) is 0 Å². The molecule has 2 aromatic rings.